The van der Waals surface area contributed by atoms with Crippen molar-refractivity contribution >= 4 is 5.91 Å². The average molecular weight is 306 g/mol. The highest BCUT2D eigenvalue weighted by molar-refractivity contribution is 5.72. The van der Waals surface area contributed by atoms with Gasteiger partial charge in [0.1, 0.15) is 11.5 Å². The number of amides is 1. The summed E-state index contributed by atoms with van der Waals surface area (Å²) in [6.07, 6.45) is 2.81. The molecular formula is C18H28NO3. The van der Waals surface area contributed by atoms with Crippen LogP contribution in [0.3, 0.4) is 0 Å². The topological polar surface area (TPSA) is 70.3 Å². The molecular weight excluding hydrogens is 278 g/mol. The first-order chi connectivity index (χ1) is 10.3. The number of nitrogens with one attached hydrogen (secondary N) is 1. The van der Waals surface area contributed by atoms with Crippen molar-refractivity contribution < 1.29 is 14.6 Å². The van der Waals surface area contributed by atoms with Crippen LogP contribution in [0.25, 0.3) is 0 Å². The van der Waals surface area contributed by atoms with E-state index in [4.69, 9.17) is 10.5 Å². The Morgan fingerprint density at radius 1 is 1.36 bits per heavy atom. The number of hydrogen-bond acceptors (Lipinski definition) is 3. The molecule has 2 N–H and O–H groups in total. The van der Waals surface area contributed by atoms with Gasteiger partial charge in [0.25, 0.3) is 0 Å². The summed E-state index contributed by atoms with van der Waals surface area (Å²) in [5.41, 5.74) is 7.85. The van der Waals surface area contributed by atoms with Gasteiger partial charge in [-0.15, -0.1) is 0 Å². The molecule has 0 spiro atoms. The predicted octanol–water partition coefficient (Wildman–Crippen LogP) is 4.29. The van der Waals surface area contributed by atoms with Crippen molar-refractivity contribution in [2.75, 3.05) is 6.61 Å². The van der Waals surface area contributed by atoms with Crippen molar-refractivity contribution in [3.63, 3.8) is 0 Å². The summed E-state index contributed by atoms with van der Waals surface area (Å²) in [5, 5.41) is 10.2. The van der Waals surface area contributed by atoms with Crippen LogP contribution in [0, 0.1) is 5.41 Å². The molecule has 1 aromatic carbocycles. The molecule has 0 aliphatic carbocycles. The molecule has 1 aromatic rings. The molecule has 0 aliphatic rings. The molecule has 0 heterocycles. The number of hydrogen-bond donors (Lipinski definition) is 1. The van der Waals surface area contributed by atoms with Gasteiger partial charge in [0.05, 0.1) is 6.61 Å². The fourth-order valence-corrected chi connectivity index (χ4v) is 2.67. The Balaban J connectivity index is 2.86. The van der Waals surface area contributed by atoms with Crippen LogP contribution in [-0.2, 0) is 4.79 Å². The van der Waals surface area contributed by atoms with Crippen molar-refractivity contribution in [1.29, 1.82) is 0 Å². The van der Waals surface area contributed by atoms with Crippen molar-refractivity contribution in [2.24, 2.45) is 5.41 Å². The van der Waals surface area contributed by atoms with Gasteiger partial charge in [-0.25, -0.2) is 0 Å². The van der Waals surface area contributed by atoms with Crippen LogP contribution in [-0.4, -0.2) is 17.6 Å². The maximum Gasteiger partial charge on any atom is 0.238 e. The number of rotatable bonds is 8. The first-order valence-corrected chi connectivity index (χ1v) is 7.95. The Hall–Kier alpha value is -1.71. The number of phenols is 1. The second kappa shape index (κ2) is 8.06. The standard InChI is InChI=1S/C18H28NO3/c1-5-7-15(18(2,3)4)14-12-13(9-10-16(14)20)22-11-6-8-17(19)21/h9-10,12,15,19-20H,5-8,11H2,1-4H3. The van der Waals surface area contributed by atoms with E-state index in [9.17, 15) is 9.90 Å². The molecule has 4 nitrogen and oxygen atoms in total. The highest BCUT2D eigenvalue weighted by Crippen LogP contribution is 2.43. The Kier molecular flexibility index (Phi) is 6.72. The minimum Gasteiger partial charge on any atom is -0.508 e. The summed E-state index contributed by atoms with van der Waals surface area (Å²) in [6.45, 7) is 9.09. The predicted molar refractivity (Wildman–Crippen MR) is 88.0 cm³/mol. The molecule has 0 saturated carbocycles. The van der Waals surface area contributed by atoms with E-state index in [1.165, 1.54) is 0 Å². The van der Waals surface area contributed by atoms with E-state index in [0.29, 0.717) is 24.5 Å². The largest absolute Gasteiger partial charge is 0.508 e. The van der Waals surface area contributed by atoms with Crippen molar-refractivity contribution in [3.8, 4) is 11.5 Å². The zero-order valence-electron chi connectivity index (χ0n) is 14.1. The van der Waals surface area contributed by atoms with Gasteiger partial charge in [-0.1, -0.05) is 34.1 Å². The molecule has 0 fully saturated rings. The lowest BCUT2D eigenvalue weighted by Gasteiger charge is -2.31. The van der Waals surface area contributed by atoms with Gasteiger partial charge in [0, 0.05) is 12.0 Å². The lowest BCUT2D eigenvalue weighted by atomic mass is 9.74. The number of phenolic OH excluding ortho intramolecular Hbond substituents is 1. The van der Waals surface area contributed by atoms with Crippen molar-refractivity contribution in [3.05, 3.63) is 23.8 Å². The molecule has 0 bridgehead atoms. The zero-order valence-corrected chi connectivity index (χ0v) is 14.1. The first-order valence-electron chi connectivity index (χ1n) is 7.95. The summed E-state index contributed by atoms with van der Waals surface area (Å²) >= 11 is 0. The summed E-state index contributed by atoms with van der Waals surface area (Å²) in [4.78, 5) is 10.6. The summed E-state index contributed by atoms with van der Waals surface area (Å²) in [7, 11) is 0. The van der Waals surface area contributed by atoms with E-state index in [-0.39, 0.29) is 17.8 Å². The van der Waals surface area contributed by atoms with Crippen molar-refractivity contribution in [1.82, 2.24) is 5.73 Å². The van der Waals surface area contributed by atoms with Crippen LogP contribution in [0.1, 0.15) is 64.9 Å². The van der Waals surface area contributed by atoms with Gasteiger partial charge >= 0.3 is 0 Å². The Morgan fingerprint density at radius 3 is 2.59 bits per heavy atom. The van der Waals surface area contributed by atoms with Crippen molar-refractivity contribution in [2.45, 2.75) is 59.3 Å². The molecule has 1 amide bonds. The first kappa shape index (κ1) is 18.3. The van der Waals surface area contributed by atoms with E-state index >= 15 is 0 Å². The Labute approximate surface area is 133 Å². The third-order valence-electron chi connectivity index (χ3n) is 3.81. The van der Waals surface area contributed by atoms with Gasteiger partial charge in [-0.3, -0.25) is 10.5 Å². The molecule has 0 aliphatic heterocycles. The van der Waals surface area contributed by atoms with Crippen LogP contribution in [0.15, 0.2) is 18.2 Å². The maximum atomic E-state index is 10.6. The smallest absolute Gasteiger partial charge is 0.238 e. The SMILES string of the molecule is CCCC(c1cc(OCCCC([NH])=O)ccc1O)C(C)(C)C. The zero-order chi connectivity index (χ0) is 16.8. The number of aromatic hydroxyl groups is 1. The van der Waals surface area contributed by atoms with Gasteiger partial charge in [-0.2, -0.15) is 0 Å². The quantitative estimate of drug-likeness (QED) is 0.728. The lowest BCUT2D eigenvalue weighted by Crippen LogP contribution is -2.18. The normalized spacial score (nSPS) is 12.9. The number of benzene rings is 1. The molecule has 1 rings (SSSR count). The minimum atomic E-state index is -0.564. The molecule has 4 heteroatoms. The molecule has 1 radical (unpaired) electrons. The lowest BCUT2D eigenvalue weighted by molar-refractivity contribution is -0.118. The van der Waals surface area contributed by atoms with Crippen LogP contribution in [0.5, 0.6) is 11.5 Å². The maximum absolute atomic E-state index is 10.6. The van der Waals surface area contributed by atoms with E-state index in [2.05, 4.69) is 27.7 Å². The monoisotopic (exact) mass is 306 g/mol. The number of ether oxygens (including phenoxy) is 1. The van der Waals surface area contributed by atoms with Crippen LogP contribution in [0.4, 0.5) is 0 Å². The highest BCUT2D eigenvalue weighted by atomic mass is 16.5. The highest BCUT2D eigenvalue weighted by Gasteiger charge is 2.27. The minimum absolute atomic E-state index is 0.0593. The third-order valence-corrected chi connectivity index (χ3v) is 3.81. The van der Waals surface area contributed by atoms with Gasteiger partial charge in [0.2, 0.25) is 5.91 Å². The fourth-order valence-electron chi connectivity index (χ4n) is 2.67. The summed E-state index contributed by atoms with van der Waals surface area (Å²) in [6, 6.07) is 5.32. The fraction of sp³-hybridized carbons (Fsp3) is 0.611. The number of carbonyl (C=O) groups is 1. The Bertz CT molecular complexity index is 492. The van der Waals surface area contributed by atoms with E-state index in [1.807, 2.05) is 6.07 Å². The molecule has 1 unspecified atom stereocenters. The Morgan fingerprint density at radius 2 is 2.05 bits per heavy atom. The van der Waals surface area contributed by atoms with Gasteiger partial charge in [0.15, 0.2) is 0 Å². The summed E-state index contributed by atoms with van der Waals surface area (Å²) in [5.74, 6) is 0.708. The summed E-state index contributed by atoms with van der Waals surface area (Å²) < 4.78 is 5.65. The van der Waals surface area contributed by atoms with Gasteiger partial charge in [-0.05, 0) is 42.4 Å². The molecule has 0 saturated heterocycles. The van der Waals surface area contributed by atoms with E-state index in [0.717, 1.165) is 18.4 Å². The van der Waals surface area contributed by atoms with Crippen LogP contribution in [0.2, 0.25) is 0 Å². The molecule has 0 aromatic heterocycles. The average Bonchev–Trinajstić information content (AvgIpc) is 2.41. The second-order valence-corrected chi connectivity index (χ2v) is 6.80. The molecule has 22 heavy (non-hydrogen) atoms. The molecule has 1 atom stereocenters. The molecule has 123 valence electrons. The number of carbonyl (C=O) groups excluding carboxylic acids is 1. The van der Waals surface area contributed by atoms with E-state index < -0.39 is 5.91 Å². The van der Waals surface area contributed by atoms with E-state index in [1.54, 1.807) is 12.1 Å². The van der Waals surface area contributed by atoms with Crippen LogP contribution >= 0.6 is 0 Å². The van der Waals surface area contributed by atoms with Crippen LogP contribution < -0.4 is 10.5 Å². The third kappa shape index (κ3) is 5.58. The van der Waals surface area contributed by atoms with Gasteiger partial charge < -0.3 is 9.84 Å². The second-order valence-electron chi connectivity index (χ2n) is 6.80.